The Hall–Kier alpha value is -2.26. The first-order valence-corrected chi connectivity index (χ1v) is 9.07. The Morgan fingerprint density at radius 2 is 1.76 bits per heavy atom. The summed E-state index contributed by atoms with van der Waals surface area (Å²) in [4.78, 5) is 3.49. The van der Waals surface area contributed by atoms with E-state index in [1.165, 1.54) is 27.7 Å². The summed E-state index contributed by atoms with van der Waals surface area (Å²) >= 11 is 0. The third-order valence-electron chi connectivity index (χ3n) is 4.62. The van der Waals surface area contributed by atoms with E-state index in [1.54, 1.807) is 0 Å². The summed E-state index contributed by atoms with van der Waals surface area (Å²) in [5.41, 5.74) is 11.2. The van der Waals surface area contributed by atoms with Crippen molar-refractivity contribution in [1.29, 1.82) is 0 Å². The molecule has 25 heavy (non-hydrogen) atoms. The average molecular weight is 336 g/mol. The fraction of sp³-hybridized carbons (Fsp3) is 0.364. The molecule has 0 fully saturated rings. The van der Waals surface area contributed by atoms with Crippen molar-refractivity contribution in [1.82, 2.24) is 4.98 Å². The average Bonchev–Trinajstić information content (AvgIpc) is 2.94. The Kier molecular flexibility index (Phi) is 5.44. The van der Waals surface area contributed by atoms with Gasteiger partial charge in [0, 0.05) is 22.5 Å². The monoisotopic (exact) mass is 336 g/mol. The van der Waals surface area contributed by atoms with Gasteiger partial charge >= 0.3 is 0 Å². The van der Waals surface area contributed by atoms with E-state index in [2.05, 4.69) is 74.3 Å². The number of fused-ring (bicyclic) bond motifs is 1. The molecule has 1 atom stereocenters. The predicted molar refractivity (Wildman–Crippen MR) is 105 cm³/mol. The number of H-pyrrole nitrogens is 1. The summed E-state index contributed by atoms with van der Waals surface area (Å²) in [7, 11) is 0. The lowest BCUT2D eigenvalue weighted by molar-refractivity contribution is 0.271. The first-order valence-electron chi connectivity index (χ1n) is 9.07. The van der Waals surface area contributed by atoms with E-state index in [4.69, 9.17) is 10.5 Å². The van der Waals surface area contributed by atoms with Crippen molar-refractivity contribution >= 4 is 10.9 Å². The zero-order chi connectivity index (χ0) is 17.8. The van der Waals surface area contributed by atoms with E-state index in [1.807, 2.05) is 0 Å². The van der Waals surface area contributed by atoms with Crippen LogP contribution in [0.25, 0.3) is 10.9 Å². The van der Waals surface area contributed by atoms with Crippen molar-refractivity contribution in [3.8, 4) is 5.75 Å². The van der Waals surface area contributed by atoms with Crippen LogP contribution in [0.3, 0.4) is 0 Å². The molecule has 0 aliphatic heterocycles. The summed E-state index contributed by atoms with van der Waals surface area (Å²) in [6.45, 7) is 7.84. The van der Waals surface area contributed by atoms with Crippen LogP contribution in [-0.2, 0) is 6.42 Å². The van der Waals surface area contributed by atoms with Gasteiger partial charge in [0.15, 0.2) is 0 Å². The van der Waals surface area contributed by atoms with Crippen LogP contribution in [0.1, 0.15) is 36.6 Å². The molecule has 0 spiro atoms. The quantitative estimate of drug-likeness (QED) is 0.651. The highest BCUT2D eigenvalue weighted by Gasteiger charge is 2.18. The summed E-state index contributed by atoms with van der Waals surface area (Å²) < 4.78 is 5.77. The second kappa shape index (κ2) is 7.75. The maximum atomic E-state index is 6.14. The zero-order valence-electron chi connectivity index (χ0n) is 15.4. The minimum atomic E-state index is 0.304. The zero-order valence-corrected chi connectivity index (χ0v) is 15.4. The number of nitrogens with two attached hydrogens (primary N) is 1. The highest BCUT2D eigenvalue weighted by molar-refractivity contribution is 5.85. The lowest BCUT2D eigenvalue weighted by Gasteiger charge is -2.16. The number of nitrogens with one attached hydrogen (secondary N) is 1. The summed E-state index contributed by atoms with van der Waals surface area (Å²) in [6, 6.07) is 16.9. The SMILES string of the molecule is Cc1[nH]c2ccccc2c1C(CN)Cc1ccc(OCC(C)C)cc1. The number of aryl methyl sites for hydroxylation is 1. The van der Waals surface area contributed by atoms with Gasteiger partial charge in [-0.2, -0.15) is 0 Å². The molecule has 3 aromatic rings. The van der Waals surface area contributed by atoms with Gasteiger partial charge in [0.05, 0.1) is 6.61 Å². The standard InChI is InChI=1S/C22H28N2O/c1-15(2)14-25-19-10-8-17(9-11-19)12-18(13-23)22-16(3)24-21-7-5-4-6-20(21)22/h4-11,15,18,24H,12-14,23H2,1-3H3. The normalized spacial score (nSPS) is 12.7. The topological polar surface area (TPSA) is 51.0 Å². The molecule has 3 rings (SSSR count). The van der Waals surface area contributed by atoms with Crippen molar-refractivity contribution in [2.24, 2.45) is 11.7 Å². The Balaban J connectivity index is 1.79. The number of benzene rings is 2. The second-order valence-corrected chi connectivity index (χ2v) is 7.19. The van der Waals surface area contributed by atoms with Gasteiger partial charge < -0.3 is 15.5 Å². The molecule has 2 aromatic carbocycles. The van der Waals surface area contributed by atoms with Crippen LogP contribution in [-0.4, -0.2) is 18.1 Å². The fourth-order valence-corrected chi connectivity index (χ4v) is 3.40. The molecule has 1 unspecified atom stereocenters. The molecule has 0 aliphatic carbocycles. The fourth-order valence-electron chi connectivity index (χ4n) is 3.40. The molecule has 3 heteroatoms. The molecular formula is C22H28N2O. The molecule has 1 aromatic heterocycles. The molecule has 0 aliphatic rings. The Morgan fingerprint density at radius 1 is 1.04 bits per heavy atom. The highest BCUT2D eigenvalue weighted by Crippen LogP contribution is 2.31. The molecule has 0 saturated carbocycles. The van der Waals surface area contributed by atoms with Gasteiger partial charge in [0.1, 0.15) is 5.75 Å². The number of hydrogen-bond donors (Lipinski definition) is 2. The van der Waals surface area contributed by atoms with E-state index in [-0.39, 0.29) is 0 Å². The van der Waals surface area contributed by atoms with Gasteiger partial charge in [-0.3, -0.25) is 0 Å². The van der Waals surface area contributed by atoms with E-state index in [9.17, 15) is 0 Å². The molecule has 3 nitrogen and oxygen atoms in total. The van der Waals surface area contributed by atoms with Gasteiger partial charge in [-0.25, -0.2) is 0 Å². The van der Waals surface area contributed by atoms with Crippen LogP contribution >= 0.6 is 0 Å². The van der Waals surface area contributed by atoms with Crippen molar-refractivity contribution in [2.75, 3.05) is 13.2 Å². The molecular weight excluding hydrogens is 308 g/mol. The van der Waals surface area contributed by atoms with Gasteiger partial charge in [-0.1, -0.05) is 44.2 Å². The number of rotatable bonds is 7. The lowest BCUT2D eigenvalue weighted by atomic mass is 9.90. The van der Waals surface area contributed by atoms with Crippen molar-refractivity contribution in [3.05, 3.63) is 65.4 Å². The van der Waals surface area contributed by atoms with Gasteiger partial charge in [0.2, 0.25) is 0 Å². The van der Waals surface area contributed by atoms with Gasteiger partial charge in [-0.05, 0) is 55.1 Å². The Bertz CT molecular complexity index is 818. The van der Waals surface area contributed by atoms with Crippen LogP contribution in [0.15, 0.2) is 48.5 Å². The van der Waals surface area contributed by atoms with Crippen LogP contribution in [0, 0.1) is 12.8 Å². The second-order valence-electron chi connectivity index (χ2n) is 7.19. The summed E-state index contributed by atoms with van der Waals surface area (Å²) in [5, 5.41) is 1.28. The largest absolute Gasteiger partial charge is 0.493 e. The van der Waals surface area contributed by atoms with Crippen LogP contribution in [0.5, 0.6) is 5.75 Å². The molecule has 0 bridgehead atoms. The molecule has 3 N–H and O–H groups in total. The smallest absolute Gasteiger partial charge is 0.119 e. The van der Waals surface area contributed by atoms with Crippen LogP contribution in [0.2, 0.25) is 0 Å². The minimum absolute atomic E-state index is 0.304. The molecule has 0 amide bonds. The molecule has 1 heterocycles. The Morgan fingerprint density at radius 3 is 2.44 bits per heavy atom. The number of ether oxygens (including phenoxy) is 1. The third-order valence-corrected chi connectivity index (χ3v) is 4.62. The summed E-state index contributed by atoms with van der Waals surface area (Å²) in [6.07, 6.45) is 0.934. The van der Waals surface area contributed by atoms with E-state index in [0.29, 0.717) is 18.4 Å². The molecule has 0 radical (unpaired) electrons. The van der Waals surface area contributed by atoms with Crippen molar-refractivity contribution in [3.63, 3.8) is 0 Å². The van der Waals surface area contributed by atoms with E-state index < -0.39 is 0 Å². The maximum absolute atomic E-state index is 6.14. The molecule has 0 saturated heterocycles. The number of aromatic amines is 1. The van der Waals surface area contributed by atoms with Crippen LogP contribution in [0.4, 0.5) is 0 Å². The number of aromatic nitrogens is 1. The minimum Gasteiger partial charge on any atom is -0.493 e. The van der Waals surface area contributed by atoms with Crippen molar-refractivity contribution < 1.29 is 4.74 Å². The van der Waals surface area contributed by atoms with E-state index >= 15 is 0 Å². The Labute approximate surface area is 150 Å². The highest BCUT2D eigenvalue weighted by atomic mass is 16.5. The third kappa shape index (κ3) is 4.05. The first kappa shape index (κ1) is 17.6. The molecule has 132 valence electrons. The number of hydrogen-bond acceptors (Lipinski definition) is 2. The summed E-state index contributed by atoms with van der Waals surface area (Å²) in [5.74, 6) is 1.77. The van der Waals surface area contributed by atoms with Crippen LogP contribution < -0.4 is 10.5 Å². The first-order chi connectivity index (χ1) is 12.1. The maximum Gasteiger partial charge on any atom is 0.119 e. The number of para-hydroxylation sites is 1. The predicted octanol–water partition coefficient (Wildman–Crippen LogP) is 4.80. The van der Waals surface area contributed by atoms with E-state index in [0.717, 1.165) is 18.8 Å². The lowest BCUT2D eigenvalue weighted by Crippen LogP contribution is -2.15. The van der Waals surface area contributed by atoms with Gasteiger partial charge in [0.25, 0.3) is 0 Å². The van der Waals surface area contributed by atoms with Gasteiger partial charge in [-0.15, -0.1) is 0 Å². The van der Waals surface area contributed by atoms with Crippen molar-refractivity contribution in [2.45, 2.75) is 33.1 Å².